The van der Waals surface area contributed by atoms with Crippen LogP contribution >= 0.6 is 0 Å². The van der Waals surface area contributed by atoms with Gasteiger partial charge in [0.15, 0.2) is 9.76 Å². The standard InChI is InChI=1S/C16H32O4Si/c1-6-7-8-9-10-11-13(20-21-16(3,4)5)14(17)12(2)15(18)19/h10-14,17H,6-9,21H2,1-5H3,(H,18,19)/t12?,13-,14-/m0/s1. The van der Waals surface area contributed by atoms with Crippen LogP contribution in [0, 0.1) is 5.92 Å². The molecule has 0 aliphatic rings. The van der Waals surface area contributed by atoms with Crippen molar-refractivity contribution < 1.29 is 19.4 Å². The molecule has 0 aliphatic heterocycles. The van der Waals surface area contributed by atoms with Crippen molar-refractivity contribution in [3.05, 3.63) is 12.2 Å². The molecule has 0 radical (unpaired) electrons. The van der Waals surface area contributed by atoms with Crippen molar-refractivity contribution in [2.75, 3.05) is 0 Å². The van der Waals surface area contributed by atoms with Crippen molar-refractivity contribution in [2.45, 2.75) is 77.5 Å². The van der Waals surface area contributed by atoms with Crippen LogP contribution in [0.2, 0.25) is 5.04 Å². The first-order valence-electron chi connectivity index (χ1n) is 7.88. The molecule has 0 saturated heterocycles. The van der Waals surface area contributed by atoms with E-state index in [4.69, 9.17) is 9.53 Å². The molecule has 21 heavy (non-hydrogen) atoms. The Morgan fingerprint density at radius 3 is 2.43 bits per heavy atom. The lowest BCUT2D eigenvalue weighted by molar-refractivity contribution is -0.146. The summed E-state index contributed by atoms with van der Waals surface area (Å²) < 4.78 is 5.88. The summed E-state index contributed by atoms with van der Waals surface area (Å²) in [5.41, 5.74) is 0. The lowest BCUT2D eigenvalue weighted by Crippen LogP contribution is -2.38. The molecule has 124 valence electrons. The minimum Gasteiger partial charge on any atom is -0.481 e. The van der Waals surface area contributed by atoms with Gasteiger partial charge >= 0.3 is 5.97 Å². The lowest BCUT2D eigenvalue weighted by atomic mass is 9.99. The zero-order valence-corrected chi connectivity index (χ0v) is 15.5. The predicted octanol–water partition coefficient (Wildman–Crippen LogP) is 2.89. The van der Waals surface area contributed by atoms with E-state index in [1.54, 1.807) is 0 Å². The fourth-order valence-electron chi connectivity index (χ4n) is 1.79. The molecule has 0 aromatic heterocycles. The minimum absolute atomic E-state index is 0.112. The summed E-state index contributed by atoms with van der Waals surface area (Å²) in [5.74, 6) is -1.82. The Morgan fingerprint density at radius 1 is 1.33 bits per heavy atom. The van der Waals surface area contributed by atoms with Crippen molar-refractivity contribution >= 4 is 15.7 Å². The highest BCUT2D eigenvalue weighted by Gasteiger charge is 2.29. The maximum Gasteiger partial charge on any atom is 0.308 e. The van der Waals surface area contributed by atoms with Crippen molar-refractivity contribution in [1.82, 2.24) is 0 Å². The van der Waals surface area contributed by atoms with Gasteiger partial charge in [-0.1, -0.05) is 52.7 Å². The molecule has 0 amide bonds. The molecule has 0 bridgehead atoms. The molecule has 1 unspecified atom stereocenters. The van der Waals surface area contributed by atoms with Gasteiger partial charge in [-0.25, -0.2) is 0 Å². The molecule has 0 aromatic carbocycles. The molecule has 0 aliphatic carbocycles. The second-order valence-electron chi connectivity index (χ2n) is 6.88. The van der Waals surface area contributed by atoms with Gasteiger partial charge in [0.05, 0.1) is 18.1 Å². The fraction of sp³-hybridized carbons (Fsp3) is 0.812. The van der Waals surface area contributed by atoms with E-state index in [0.717, 1.165) is 12.8 Å². The topological polar surface area (TPSA) is 66.8 Å². The van der Waals surface area contributed by atoms with Gasteiger partial charge in [-0.3, -0.25) is 4.79 Å². The predicted molar refractivity (Wildman–Crippen MR) is 89.2 cm³/mol. The molecule has 2 N–H and O–H groups in total. The number of aliphatic hydroxyl groups excluding tert-OH is 1. The van der Waals surface area contributed by atoms with Crippen LogP contribution in [-0.2, 0) is 9.22 Å². The molecule has 3 atom stereocenters. The SMILES string of the molecule is CCCCCC=C[C@H](O[SiH2]C(C)(C)C)[C@@H](O)C(C)C(=O)O. The maximum absolute atomic E-state index is 11.0. The van der Waals surface area contributed by atoms with Gasteiger partial charge in [0, 0.05) is 0 Å². The zero-order chi connectivity index (χ0) is 16.5. The quantitative estimate of drug-likeness (QED) is 0.369. The van der Waals surface area contributed by atoms with Gasteiger partial charge < -0.3 is 14.6 Å². The van der Waals surface area contributed by atoms with Crippen molar-refractivity contribution in [3.63, 3.8) is 0 Å². The second kappa shape index (κ2) is 10.1. The molecule has 4 nitrogen and oxygen atoms in total. The Kier molecular flexibility index (Phi) is 9.82. The van der Waals surface area contributed by atoms with Gasteiger partial charge in [0.25, 0.3) is 0 Å². The van der Waals surface area contributed by atoms with Crippen molar-refractivity contribution in [1.29, 1.82) is 0 Å². The number of allylic oxidation sites excluding steroid dienone is 1. The molecular formula is C16H32O4Si. The van der Waals surface area contributed by atoms with E-state index in [-0.39, 0.29) is 5.04 Å². The number of unbranched alkanes of at least 4 members (excludes halogenated alkanes) is 3. The van der Waals surface area contributed by atoms with Gasteiger partial charge in [-0.05, 0) is 24.8 Å². The van der Waals surface area contributed by atoms with E-state index in [0.29, 0.717) is 0 Å². The number of carboxylic acids is 1. The Labute approximate surface area is 131 Å². The van der Waals surface area contributed by atoms with Gasteiger partial charge in [0.2, 0.25) is 0 Å². The Morgan fingerprint density at radius 2 is 1.95 bits per heavy atom. The van der Waals surface area contributed by atoms with E-state index in [9.17, 15) is 9.90 Å². The number of rotatable bonds is 10. The van der Waals surface area contributed by atoms with Crippen molar-refractivity contribution in [3.8, 4) is 0 Å². The smallest absolute Gasteiger partial charge is 0.308 e. The number of hydrogen-bond acceptors (Lipinski definition) is 3. The van der Waals surface area contributed by atoms with Crippen LogP contribution in [0.1, 0.15) is 60.3 Å². The third-order valence-electron chi connectivity index (χ3n) is 3.25. The third-order valence-corrected chi connectivity index (χ3v) is 4.66. The average Bonchev–Trinajstić information content (AvgIpc) is 2.39. The van der Waals surface area contributed by atoms with Gasteiger partial charge in [-0.2, -0.15) is 0 Å². The normalized spacial score (nSPS) is 17.4. The monoisotopic (exact) mass is 316 g/mol. The third kappa shape index (κ3) is 9.82. The van der Waals surface area contributed by atoms with E-state index in [1.165, 1.54) is 19.8 Å². The molecule has 5 heteroatoms. The Hall–Kier alpha value is -0.653. The van der Waals surface area contributed by atoms with Gasteiger partial charge in [0.1, 0.15) is 0 Å². The van der Waals surface area contributed by atoms with E-state index < -0.39 is 33.9 Å². The van der Waals surface area contributed by atoms with Crippen LogP contribution in [0.4, 0.5) is 0 Å². The molecule has 0 heterocycles. The number of carboxylic acid groups (broad SMARTS) is 1. The Bertz CT molecular complexity index is 323. The molecular weight excluding hydrogens is 284 g/mol. The Balaban J connectivity index is 4.63. The highest BCUT2D eigenvalue weighted by Crippen LogP contribution is 2.23. The summed E-state index contributed by atoms with van der Waals surface area (Å²) in [6, 6.07) is 0. The molecule has 0 aromatic rings. The first-order chi connectivity index (χ1) is 9.69. The van der Waals surface area contributed by atoms with Crippen LogP contribution in [0.5, 0.6) is 0 Å². The van der Waals surface area contributed by atoms with Gasteiger partial charge in [-0.15, -0.1) is 0 Å². The molecule has 0 saturated carbocycles. The summed E-state index contributed by atoms with van der Waals surface area (Å²) in [6.07, 6.45) is 6.75. The summed E-state index contributed by atoms with van der Waals surface area (Å²) in [6.45, 7) is 9.99. The summed E-state index contributed by atoms with van der Waals surface area (Å²) in [7, 11) is -0.845. The van der Waals surface area contributed by atoms with Crippen LogP contribution < -0.4 is 0 Å². The zero-order valence-electron chi connectivity index (χ0n) is 14.1. The number of aliphatic hydroxyl groups is 1. The van der Waals surface area contributed by atoms with Crippen LogP contribution in [-0.4, -0.2) is 38.2 Å². The number of carbonyl (C=O) groups is 1. The number of hydrogen-bond donors (Lipinski definition) is 2. The lowest BCUT2D eigenvalue weighted by Gasteiger charge is -2.27. The van der Waals surface area contributed by atoms with E-state index >= 15 is 0 Å². The molecule has 0 fully saturated rings. The van der Waals surface area contributed by atoms with Crippen LogP contribution in [0.25, 0.3) is 0 Å². The highest BCUT2D eigenvalue weighted by molar-refractivity contribution is 6.31. The first kappa shape index (κ1) is 20.3. The summed E-state index contributed by atoms with van der Waals surface area (Å²) >= 11 is 0. The van der Waals surface area contributed by atoms with E-state index in [2.05, 4.69) is 27.7 Å². The average molecular weight is 317 g/mol. The van der Waals surface area contributed by atoms with Crippen LogP contribution in [0.3, 0.4) is 0 Å². The highest BCUT2D eigenvalue weighted by atomic mass is 28.2. The maximum atomic E-state index is 11.0. The fourth-order valence-corrected chi connectivity index (χ4v) is 2.79. The van der Waals surface area contributed by atoms with Crippen LogP contribution in [0.15, 0.2) is 12.2 Å². The summed E-state index contributed by atoms with van der Waals surface area (Å²) in [4.78, 5) is 11.0. The van der Waals surface area contributed by atoms with E-state index in [1.807, 2.05) is 12.2 Å². The minimum atomic E-state index is -1.00. The second-order valence-corrected chi connectivity index (χ2v) is 9.62. The number of aliphatic carboxylic acids is 1. The molecule has 0 spiro atoms. The summed E-state index contributed by atoms with van der Waals surface area (Å²) in [5, 5.41) is 19.4. The molecule has 0 rings (SSSR count). The first-order valence-corrected chi connectivity index (χ1v) is 9.16. The van der Waals surface area contributed by atoms with Crippen molar-refractivity contribution in [2.24, 2.45) is 5.92 Å². The largest absolute Gasteiger partial charge is 0.481 e.